The molecule has 0 aliphatic carbocycles. The van der Waals surface area contributed by atoms with Crippen LogP contribution < -0.4 is 14.8 Å². The molecule has 5 heteroatoms. The summed E-state index contributed by atoms with van der Waals surface area (Å²) in [6.07, 6.45) is 0. The summed E-state index contributed by atoms with van der Waals surface area (Å²) in [4.78, 5) is 0. The molecule has 3 nitrogen and oxygen atoms in total. The third-order valence-corrected chi connectivity index (χ3v) is 5.18. The van der Waals surface area contributed by atoms with E-state index in [0.29, 0.717) is 41.3 Å². The molecule has 0 aliphatic heterocycles. The van der Waals surface area contributed by atoms with Crippen LogP contribution in [-0.2, 0) is 13.2 Å². The van der Waals surface area contributed by atoms with Crippen molar-refractivity contribution in [2.24, 2.45) is 0 Å². The van der Waals surface area contributed by atoms with E-state index in [4.69, 9.17) is 32.7 Å². The Kier molecular flexibility index (Phi) is 7.82. The second kappa shape index (κ2) is 10.5. The molecule has 3 aromatic rings. The average Bonchev–Trinajstić information content (AvgIpc) is 2.73. The Labute approximate surface area is 182 Å². The molecule has 29 heavy (non-hydrogen) atoms. The molecule has 1 unspecified atom stereocenters. The minimum Gasteiger partial charge on any atom is -0.490 e. The number of ether oxygens (including phenoxy) is 2. The van der Waals surface area contributed by atoms with E-state index in [1.54, 1.807) is 0 Å². The molecular weight excluding hydrogens is 405 g/mol. The molecule has 0 bridgehead atoms. The highest BCUT2D eigenvalue weighted by Gasteiger charge is 2.13. The van der Waals surface area contributed by atoms with Crippen molar-refractivity contribution in [1.29, 1.82) is 0 Å². The number of benzene rings is 3. The van der Waals surface area contributed by atoms with Gasteiger partial charge in [-0.15, -0.1) is 0 Å². The Hall–Kier alpha value is -2.20. The standard InChI is InChI=1S/C24H25Cl2NO2/c1-3-28-23-13-20(15-27-17(2)19-9-5-4-6-10-19)22(26)14-24(23)29-16-18-8-7-11-21(25)12-18/h4-14,17,27H,3,15-16H2,1-2H3. The van der Waals surface area contributed by atoms with Gasteiger partial charge >= 0.3 is 0 Å². The maximum Gasteiger partial charge on any atom is 0.163 e. The zero-order chi connectivity index (χ0) is 20.6. The molecule has 0 saturated heterocycles. The largest absolute Gasteiger partial charge is 0.490 e. The van der Waals surface area contributed by atoms with E-state index in [2.05, 4.69) is 24.4 Å². The average molecular weight is 430 g/mol. The molecule has 3 aromatic carbocycles. The van der Waals surface area contributed by atoms with Crippen LogP contribution in [0.25, 0.3) is 0 Å². The summed E-state index contributed by atoms with van der Waals surface area (Å²) in [6.45, 7) is 5.64. The van der Waals surface area contributed by atoms with Gasteiger partial charge in [-0.25, -0.2) is 0 Å². The lowest BCUT2D eigenvalue weighted by atomic mass is 10.1. The third-order valence-electron chi connectivity index (χ3n) is 4.59. The second-order valence-electron chi connectivity index (χ2n) is 6.76. The quantitative estimate of drug-likeness (QED) is 0.404. The van der Waals surface area contributed by atoms with Gasteiger partial charge < -0.3 is 14.8 Å². The van der Waals surface area contributed by atoms with Crippen molar-refractivity contribution < 1.29 is 9.47 Å². The number of nitrogens with one attached hydrogen (secondary N) is 1. The molecule has 0 aliphatic rings. The Morgan fingerprint density at radius 2 is 1.66 bits per heavy atom. The first-order valence-corrected chi connectivity index (χ1v) is 10.4. The topological polar surface area (TPSA) is 30.5 Å². The SMILES string of the molecule is CCOc1cc(CNC(C)c2ccccc2)c(Cl)cc1OCc1cccc(Cl)c1. The fourth-order valence-electron chi connectivity index (χ4n) is 3.00. The van der Waals surface area contributed by atoms with Crippen LogP contribution in [0.15, 0.2) is 66.7 Å². The van der Waals surface area contributed by atoms with Gasteiger partial charge in [-0.2, -0.15) is 0 Å². The second-order valence-corrected chi connectivity index (χ2v) is 7.60. The van der Waals surface area contributed by atoms with E-state index in [1.165, 1.54) is 5.56 Å². The van der Waals surface area contributed by atoms with E-state index >= 15 is 0 Å². The molecule has 0 amide bonds. The van der Waals surface area contributed by atoms with Crippen molar-refractivity contribution in [2.75, 3.05) is 6.61 Å². The Bertz CT molecular complexity index is 931. The number of halogens is 2. The first-order valence-electron chi connectivity index (χ1n) is 9.67. The van der Waals surface area contributed by atoms with Gasteiger partial charge in [-0.05, 0) is 48.7 Å². The summed E-state index contributed by atoms with van der Waals surface area (Å²) in [7, 11) is 0. The van der Waals surface area contributed by atoms with Gasteiger partial charge in [0.15, 0.2) is 11.5 Å². The van der Waals surface area contributed by atoms with Crippen LogP contribution in [-0.4, -0.2) is 6.61 Å². The van der Waals surface area contributed by atoms with E-state index in [9.17, 15) is 0 Å². The van der Waals surface area contributed by atoms with E-state index in [0.717, 1.165) is 11.1 Å². The lowest BCUT2D eigenvalue weighted by Gasteiger charge is -2.18. The Morgan fingerprint density at radius 1 is 0.897 bits per heavy atom. The fourth-order valence-corrected chi connectivity index (χ4v) is 3.44. The van der Waals surface area contributed by atoms with Gasteiger partial charge in [-0.1, -0.05) is 65.7 Å². The molecule has 0 fully saturated rings. The highest BCUT2D eigenvalue weighted by atomic mass is 35.5. The first kappa shape index (κ1) is 21.5. The zero-order valence-electron chi connectivity index (χ0n) is 16.6. The lowest BCUT2D eigenvalue weighted by molar-refractivity contribution is 0.269. The molecular formula is C24H25Cl2NO2. The Morgan fingerprint density at radius 3 is 2.38 bits per heavy atom. The van der Waals surface area contributed by atoms with Gasteiger partial charge in [0.05, 0.1) is 6.61 Å². The van der Waals surface area contributed by atoms with Crippen molar-refractivity contribution in [3.05, 3.63) is 93.5 Å². The maximum absolute atomic E-state index is 6.54. The predicted molar refractivity (Wildman–Crippen MR) is 120 cm³/mol. The predicted octanol–water partition coefficient (Wildman–Crippen LogP) is 6.82. The number of hydrogen-bond donors (Lipinski definition) is 1. The third kappa shape index (κ3) is 6.14. The monoisotopic (exact) mass is 429 g/mol. The van der Waals surface area contributed by atoms with Crippen molar-refractivity contribution in [3.8, 4) is 11.5 Å². The van der Waals surface area contributed by atoms with Gasteiger partial charge in [-0.3, -0.25) is 0 Å². The summed E-state index contributed by atoms with van der Waals surface area (Å²) in [5, 5.41) is 4.84. The van der Waals surface area contributed by atoms with Crippen LogP contribution >= 0.6 is 23.2 Å². The van der Waals surface area contributed by atoms with E-state index in [-0.39, 0.29) is 6.04 Å². The maximum atomic E-state index is 6.54. The summed E-state index contributed by atoms with van der Waals surface area (Å²) < 4.78 is 11.8. The molecule has 1 N–H and O–H groups in total. The first-order chi connectivity index (χ1) is 14.1. The molecule has 0 radical (unpaired) electrons. The lowest BCUT2D eigenvalue weighted by Crippen LogP contribution is -2.18. The van der Waals surface area contributed by atoms with Gasteiger partial charge in [0, 0.05) is 28.7 Å². The van der Waals surface area contributed by atoms with Crippen molar-refractivity contribution in [1.82, 2.24) is 5.32 Å². The highest BCUT2D eigenvalue weighted by Crippen LogP contribution is 2.34. The van der Waals surface area contributed by atoms with Gasteiger partial charge in [0.25, 0.3) is 0 Å². The molecule has 0 aromatic heterocycles. The molecule has 3 rings (SSSR count). The number of hydrogen-bond acceptors (Lipinski definition) is 3. The van der Waals surface area contributed by atoms with Crippen LogP contribution in [0.4, 0.5) is 0 Å². The molecule has 0 heterocycles. The van der Waals surface area contributed by atoms with E-state index in [1.807, 2.05) is 61.5 Å². The summed E-state index contributed by atoms with van der Waals surface area (Å²) >= 11 is 12.6. The molecule has 0 spiro atoms. The van der Waals surface area contributed by atoms with Crippen molar-refractivity contribution in [3.63, 3.8) is 0 Å². The smallest absolute Gasteiger partial charge is 0.163 e. The fraction of sp³-hybridized carbons (Fsp3) is 0.250. The van der Waals surface area contributed by atoms with Gasteiger partial charge in [0.2, 0.25) is 0 Å². The van der Waals surface area contributed by atoms with Crippen LogP contribution in [0.2, 0.25) is 10.0 Å². The van der Waals surface area contributed by atoms with Crippen LogP contribution in [0, 0.1) is 0 Å². The van der Waals surface area contributed by atoms with Crippen LogP contribution in [0.3, 0.4) is 0 Å². The summed E-state index contributed by atoms with van der Waals surface area (Å²) in [6, 6.07) is 21.9. The van der Waals surface area contributed by atoms with Crippen LogP contribution in [0.1, 0.15) is 36.6 Å². The minimum absolute atomic E-state index is 0.210. The molecule has 1 atom stereocenters. The normalized spacial score (nSPS) is 11.9. The molecule has 0 saturated carbocycles. The Balaban J connectivity index is 1.71. The van der Waals surface area contributed by atoms with Gasteiger partial charge in [0.1, 0.15) is 6.61 Å². The van der Waals surface area contributed by atoms with E-state index < -0.39 is 0 Å². The molecule has 152 valence electrons. The van der Waals surface area contributed by atoms with Crippen LogP contribution in [0.5, 0.6) is 11.5 Å². The summed E-state index contributed by atoms with van der Waals surface area (Å²) in [5.41, 5.74) is 3.18. The van der Waals surface area contributed by atoms with Crippen molar-refractivity contribution in [2.45, 2.75) is 33.0 Å². The highest BCUT2D eigenvalue weighted by molar-refractivity contribution is 6.31. The number of rotatable bonds is 9. The van der Waals surface area contributed by atoms with Crippen molar-refractivity contribution >= 4 is 23.2 Å². The summed E-state index contributed by atoms with van der Waals surface area (Å²) in [5.74, 6) is 1.31. The minimum atomic E-state index is 0.210. The zero-order valence-corrected chi connectivity index (χ0v) is 18.1.